The van der Waals surface area contributed by atoms with E-state index in [2.05, 4.69) is 29.7 Å². The molecule has 0 saturated carbocycles. The molecule has 0 aliphatic carbocycles. The van der Waals surface area contributed by atoms with Gasteiger partial charge in [-0.05, 0) is 60.0 Å². The fraction of sp³-hybridized carbons (Fsp3) is 0.0833. The number of azo groups is 2. The minimum atomic E-state index is -4.70. The highest BCUT2D eigenvalue weighted by molar-refractivity contribution is 8.19. The number of hydrogen-bond acceptors (Lipinski definition) is 18. The molecule has 0 aromatic heterocycles. The number of phenols is 1. The van der Waals surface area contributed by atoms with Crippen LogP contribution in [0.4, 0.5) is 34.1 Å². The van der Waals surface area contributed by atoms with E-state index in [1.54, 1.807) is 0 Å². The van der Waals surface area contributed by atoms with Gasteiger partial charge in [0, 0.05) is 5.39 Å². The SMILES string of the molecule is Nc1cc(N)c(S(=O)(=O)O)cc1N=Nc1ccc2cc(S(O)(O)O)c(N=Nc3ccc(S(=O)(=O)CCOOS(=O)[O-])cc3)c(O)c2c1. The summed E-state index contributed by atoms with van der Waals surface area (Å²) in [6.45, 7) is -0.581. The van der Waals surface area contributed by atoms with E-state index in [0.717, 1.165) is 30.3 Å². The molecule has 0 aliphatic heterocycles. The molecule has 252 valence electrons. The van der Waals surface area contributed by atoms with Crippen molar-refractivity contribution >= 4 is 87.1 Å². The van der Waals surface area contributed by atoms with Crippen LogP contribution >= 0.6 is 10.9 Å². The molecule has 0 saturated heterocycles. The minimum Gasteiger partial charge on any atom is -0.748 e. The minimum absolute atomic E-state index is 0.0279. The Bertz CT molecular complexity index is 2140. The van der Waals surface area contributed by atoms with Crippen LogP contribution in [-0.2, 0) is 40.5 Å². The quantitative estimate of drug-likeness (QED) is 0.0194. The van der Waals surface area contributed by atoms with E-state index in [1.165, 1.54) is 30.3 Å². The topological polar surface area (TPSA) is 330 Å². The molecule has 0 radical (unpaired) electrons. The fourth-order valence-electron chi connectivity index (χ4n) is 3.88. The third-order valence-electron chi connectivity index (χ3n) is 6.04. The number of anilines is 2. The van der Waals surface area contributed by atoms with Gasteiger partial charge in [0.25, 0.3) is 10.1 Å². The molecule has 0 spiro atoms. The van der Waals surface area contributed by atoms with Gasteiger partial charge in [-0.2, -0.15) is 18.6 Å². The molecule has 47 heavy (non-hydrogen) atoms. The molecule has 9 N–H and O–H groups in total. The maximum atomic E-state index is 12.4. The van der Waals surface area contributed by atoms with Crippen molar-refractivity contribution in [2.24, 2.45) is 20.5 Å². The zero-order valence-electron chi connectivity index (χ0n) is 23.3. The summed E-state index contributed by atoms with van der Waals surface area (Å²) in [5.41, 5.74) is 10.5. The lowest BCUT2D eigenvalue weighted by Gasteiger charge is -2.22. The standard InChI is InChI=1S/C24H24N6O13S4/c25-18-11-19(26)21(46(36,37)38)12-20(18)29-28-15-2-1-13-9-22(47(39,40)41)23(24(31)17(13)10-15)30-27-14-3-5-16(6-4-14)45(34,35)8-7-42-43-44(32)33/h1-6,9-12,31,39-41H,7-8,25-26H2,(H,32,33)(H,36,37,38)/p-1. The molecule has 0 amide bonds. The van der Waals surface area contributed by atoms with Gasteiger partial charge in [-0.3, -0.25) is 4.55 Å². The van der Waals surface area contributed by atoms with Crippen molar-refractivity contribution in [2.45, 2.75) is 14.7 Å². The van der Waals surface area contributed by atoms with Gasteiger partial charge in [-0.1, -0.05) is 6.07 Å². The van der Waals surface area contributed by atoms with Crippen LogP contribution in [0, 0.1) is 0 Å². The van der Waals surface area contributed by atoms with Gasteiger partial charge in [-0.15, -0.1) is 14.6 Å². The molecule has 0 heterocycles. The van der Waals surface area contributed by atoms with Crippen molar-refractivity contribution in [1.82, 2.24) is 0 Å². The summed E-state index contributed by atoms with van der Waals surface area (Å²) in [5, 5.41) is 26.8. The van der Waals surface area contributed by atoms with Gasteiger partial charge in [0.05, 0.1) is 44.9 Å². The lowest BCUT2D eigenvalue weighted by Crippen LogP contribution is -2.13. The highest BCUT2D eigenvalue weighted by Crippen LogP contribution is 2.54. The molecule has 1 unspecified atom stereocenters. The number of nitrogens with zero attached hydrogens (tertiary/aromatic N) is 4. The first-order chi connectivity index (χ1) is 21.9. The summed E-state index contributed by atoms with van der Waals surface area (Å²) >= 11 is -2.98. The maximum absolute atomic E-state index is 12.4. The Labute approximate surface area is 269 Å². The predicted molar refractivity (Wildman–Crippen MR) is 167 cm³/mol. The van der Waals surface area contributed by atoms with Crippen LogP contribution in [0.2, 0.25) is 0 Å². The number of nitrogens with two attached hydrogens (primary N) is 2. The highest BCUT2D eigenvalue weighted by atomic mass is 32.3. The monoisotopic (exact) mass is 731 g/mol. The molecule has 4 aromatic carbocycles. The highest BCUT2D eigenvalue weighted by Gasteiger charge is 2.25. The van der Waals surface area contributed by atoms with E-state index in [1.807, 2.05) is 0 Å². The Hall–Kier alpha value is -4.14. The normalized spacial score (nSPS) is 13.9. The van der Waals surface area contributed by atoms with Crippen LogP contribution in [-0.4, -0.2) is 61.3 Å². The van der Waals surface area contributed by atoms with Crippen LogP contribution in [0.15, 0.2) is 95.8 Å². The van der Waals surface area contributed by atoms with Crippen LogP contribution in [0.25, 0.3) is 10.8 Å². The summed E-state index contributed by atoms with van der Waals surface area (Å²) in [6, 6.07) is 11.9. The van der Waals surface area contributed by atoms with Crippen LogP contribution in [0.3, 0.4) is 0 Å². The number of benzene rings is 4. The van der Waals surface area contributed by atoms with Gasteiger partial charge < -0.3 is 34.8 Å². The van der Waals surface area contributed by atoms with Gasteiger partial charge in [-0.25, -0.2) is 17.5 Å². The second kappa shape index (κ2) is 13.9. The third kappa shape index (κ3) is 8.82. The van der Waals surface area contributed by atoms with Gasteiger partial charge in [0.15, 0.2) is 15.6 Å². The Morgan fingerprint density at radius 3 is 2.04 bits per heavy atom. The van der Waals surface area contributed by atoms with Crippen LogP contribution in [0.1, 0.15) is 0 Å². The Morgan fingerprint density at radius 1 is 0.787 bits per heavy atom. The summed E-state index contributed by atoms with van der Waals surface area (Å²) in [6.07, 6.45) is 0. The summed E-state index contributed by atoms with van der Waals surface area (Å²) in [7, 11) is -13.1. The Balaban J connectivity index is 1.67. The first kappa shape index (κ1) is 35.7. The van der Waals surface area contributed by atoms with Crippen LogP contribution in [0.5, 0.6) is 5.75 Å². The van der Waals surface area contributed by atoms with Gasteiger partial charge in [0.2, 0.25) is 0 Å². The molecule has 1 atom stereocenters. The molecule has 0 fully saturated rings. The fourth-order valence-corrected chi connectivity index (χ4v) is 6.40. The van der Waals surface area contributed by atoms with Crippen molar-refractivity contribution in [3.8, 4) is 5.75 Å². The van der Waals surface area contributed by atoms with E-state index in [4.69, 9.17) is 11.5 Å². The molecule has 23 heteroatoms. The number of nitrogen functional groups attached to an aromatic ring is 2. The molecular weight excluding hydrogens is 709 g/mol. The number of rotatable bonds is 12. The lowest BCUT2D eigenvalue weighted by molar-refractivity contribution is -0.196. The van der Waals surface area contributed by atoms with Crippen molar-refractivity contribution in [3.63, 3.8) is 0 Å². The Morgan fingerprint density at radius 2 is 1.43 bits per heavy atom. The Kier molecular flexibility index (Phi) is 10.6. The summed E-state index contributed by atoms with van der Waals surface area (Å²) in [4.78, 5) is 2.84. The van der Waals surface area contributed by atoms with Crippen molar-refractivity contribution in [1.29, 1.82) is 0 Å². The van der Waals surface area contributed by atoms with E-state index in [-0.39, 0.29) is 44.1 Å². The largest absolute Gasteiger partial charge is 0.748 e. The zero-order valence-corrected chi connectivity index (χ0v) is 26.5. The van der Waals surface area contributed by atoms with Gasteiger partial charge in [0.1, 0.15) is 38.5 Å². The number of aromatic hydroxyl groups is 1. The second-order valence-electron chi connectivity index (χ2n) is 9.23. The first-order valence-electron chi connectivity index (χ1n) is 12.4. The number of fused-ring (bicyclic) bond motifs is 1. The van der Waals surface area contributed by atoms with Crippen LogP contribution < -0.4 is 11.5 Å². The van der Waals surface area contributed by atoms with E-state index < -0.39 is 75.8 Å². The molecule has 19 nitrogen and oxygen atoms in total. The van der Waals surface area contributed by atoms with Gasteiger partial charge >= 0.3 is 0 Å². The van der Waals surface area contributed by atoms with Crippen molar-refractivity contribution in [2.75, 3.05) is 23.8 Å². The van der Waals surface area contributed by atoms with Crippen molar-refractivity contribution < 1.29 is 58.1 Å². The molecule has 0 aliphatic rings. The summed E-state index contributed by atoms with van der Waals surface area (Å²) in [5.74, 6) is -1.29. The third-order valence-corrected chi connectivity index (χ3v) is 9.75. The van der Waals surface area contributed by atoms with E-state index >= 15 is 0 Å². The first-order valence-corrected chi connectivity index (χ1v) is 18.0. The average molecular weight is 732 g/mol. The number of phenolic OH excluding ortho intramolecular Hbond substituents is 1. The zero-order chi connectivity index (χ0) is 34.7. The van der Waals surface area contributed by atoms with Crippen molar-refractivity contribution in [3.05, 3.63) is 60.7 Å². The van der Waals surface area contributed by atoms with E-state index in [0.29, 0.717) is 0 Å². The molecular formula is C24H23N6O13S4-. The maximum Gasteiger partial charge on any atom is 0.296 e. The number of hydrogen-bond donors (Lipinski definition) is 7. The second-order valence-corrected chi connectivity index (χ2v) is 14.7. The average Bonchev–Trinajstić information content (AvgIpc) is 2.97. The summed E-state index contributed by atoms with van der Waals surface area (Å²) < 4.78 is 112. The van der Waals surface area contributed by atoms with E-state index in [9.17, 15) is 48.9 Å². The molecule has 4 rings (SSSR count). The smallest absolute Gasteiger partial charge is 0.296 e. The number of sulfone groups is 1. The lowest BCUT2D eigenvalue weighted by atomic mass is 10.1. The molecule has 4 aromatic rings. The predicted octanol–water partition coefficient (Wildman–Crippen LogP) is 4.89. The molecule has 0 bridgehead atoms.